The minimum Gasteiger partial charge on any atom is -0.465 e. The van der Waals surface area contributed by atoms with Crippen LogP contribution in [0.15, 0.2) is 25.3 Å². The number of nitrogens with zero attached hydrogens (tertiary/aromatic N) is 2. The van der Waals surface area contributed by atoms with E-state index in [4.69, 9.17) is 9.47 Å². The van der Waals surface area contributed by atoms with Crippen molar-refractivity contribution in [1.82, 2.24) is 9.80 Å². The second-order valence-corrected chi connectivity index (χ2v) is 9.56. The van der Waals surface area contributed by atoms with Gasteiger partial charge >= 0.3 is 5.97 Å². The average Bonchev–Trinajstić information content (AvgIpc) is 3.39. The fourth-order valence-electron chi connectivity index (χ4n) is 6.05. The lowest BCUT2D eigenvalue weighted by atomic mass is 9.65. The number of carbonyl (C=O) groups is 3. The van der Waals surface area contributed by atoms with E-state index in [-0.39, 0.29) is 37.6 Å². The topological polar surface area (TPSA) is 96.4 Å². The Labute approximate surface area is 196 Å². The van der Waals surface area contributed by atoms with E-state index in [1.165, 1.54) is 4.90 Å². The summed E-state index contributed by atoms with van der Waals surface area (Å²) in [6, 6.07) is -1.00. The van der Waals surface area contributed by atoms with Gasteiger partial charge in [0.25, 0.3) is 0 Å². The van der Waals surface area contributed by atoms with Gasteiger partial charge in [0.1, 0.15) is 17.6 Å². The largest absolute Gasteiger partial charge is 0.465 e. The van der Waals surface area contributed by atoms with Crippen molar-refractivity contribution < 1.29 is 29.0 Å². The predicted octanol–water partition coefficient (Wildman–Crippen LogP) is 2.07. The van der Waals surface area contributed by atoms with E-state index in [2.05, 4.69) is 13.2 Å². The molecule has 0 saturated carbocycles. The molecule has 3 rings (SSSR count). The number of rotatable bonds is 12. The molecule has 0 aliphatic carbocycles. The van der Waals surface area contributed by atoms with Crippen molar-refractivity contribution in [2.75, 3.05) is 26.3 Å². The smallest absolute Gasteiger partial charge is 0.312 e. The highest BCUT2D eigenvalue weighted by Gasteiger charge is 2.79. The highest BCUT2D eigenvalue weighted by atomic mass is 16.6. The van der Waals surface area contributed by atoms with Crippen LogP contribution in [-0.2, 0) is 23.9 Å². The Morgan fingerprint density at radius 2 is 2.06 bits per heavy atom. The van der Waals surface area contributed by atoms with Crippen molar-refractivity contribution in [3.05, 3.63) is 25.3 Å². The van der Waals surface area contributed by atoms with Crippen LogP contribution in [0.25, 0.3) is 0 Å². The minimum absolute atomic E-state index is 0.0110. The Hall–Kier alpha value is -2.19. The third-order valence-electron chi connectivity index (χ3n) is 7.54. The maximum absolute atomic E-state index is 13.8. The molecule has 0 radical (unpaired) electrons. The van der Waals surface area contributed by atoms with E-state index in [0.717, 1.165) is 6.42 Å². The summed E-state index contributed by atoms with van der Waals surface area (Å²) in [6.45, 7) is 13.5. The first-order chi connectivity index (χ1) is 15.7. The predicted molar refractivity (Wildman–Crippen MR) is 123 cm³/mol. The first kappa shape index (κ1) is 25.4. The monoisotopic (exact) mass is 462 g/mol. The van der Waals surface area contributed by atoms with Crippen LogP contribution in [-0.4, -0.2) is 82.3 Å². The van der Waals surface area contributed by atoms with Gasteiger partial charge in [-0.1, -0.05) is 19.1 Å². The number of aliphatic hydroxyl groups excluding tert-OH is 1. The standard InChI is InChI=1S/C25H38N2O6/c1-6-9-10-16-32-23(31)19-18-21(29)27(14-15-28)20(22(30)26(13-7-2)17(4)5)25(18)12-11-24(19,8-3)33-25/h6-7,17-20,28H,1-2,8-16H2,3-5H3/t18-,19-,20?,24+,25?/m0/s1. The van der Waals surface area contributed by atoms with Gasteiger partial charge in [-0.3, -0.25) is 14.4 Å². The third kappa shape index (κ3) is 4.01. The van der Waals surface area contributed by atoms with Crippen LogP contribution in [0.1, 0.15) is 52.9 Å². The summed E-state index contributed by atoms with van der Waals surface area (Å²) in [5.74, 6) is -2.55. The van der Waals surface area contributed by atoms with Gasteiger partial charge in [0.2, 0.25) is 11.8 Å². The van der Waals surface area contributed by atoms with Crippen LogP contribution in [0.3, 0.4) is 0 Å². The van der Waals surface area contributed by atoms with E-state index in [1.54, 1.807) is 17.1 Å². The molecule has 0 aromatic heterocycles. The molecule has 0 aromatic rings. The van der Waals surface area contributed by atoms with Crippen LogP contribution in [0, 0.1) is 11.8 Å². The Kier molecular flexibility index (Phi) is 7.69. The lowest BCUT2D eigenvalue weighted by Gasteiger charge is -2.38. The van der Waals surface area contributed by atoms with Crippen LogP contribution in [0.4, 0.5) is 0 Å². The molecular weight excluding hydrogens is 424 g/mol. The van der Waals surface area contributed by atoms with Crippen LogP contribution < -0.4 is 0 Å². The Bertz CT molecular complexity index is 798. The molecule has 8 heteroatoms. The van der Waals surface area contributed by atoms with Crippen molar-refractivity contribution in [3.8, 4) is 0 Å². The molecule has 1 N–H and O–H groups in total. The zero-order valence-corrected chi connectivity index (χ0v) is 20.1. The van der Waals surface area contributed by atoms with E-state index in [1.807, 2.05) is 20.8 Å². The molecule has 2 bridgehead atoms. The number of carbonyl (C=O) groups excluding carboxylic acids is 3. The number of hydrogen-bond donors (Lipinski definition) is 1. The Balaban J connectivity index is 2.00. The summed E-state index contributed by atoms with van der Waals surface area (Å²) < 4.78 is 12.2. The number of esters is 1. The molecule has 3 heterocycles. The number of likely N-dealkylation sites (tertiary alicyclic amines) is 1. The highest BCUT2D eigenvalue weighted by molar-refractivity contribution is 5.98. The van der Waals surface area contributed by atoms with Gasteiger partial charge in [-0.15, -0.1) is 13.2 Å². The number of ether oxygens (including phenoxy) is 2. The van der Waals surface area contributed by atoms with Gasteiger partial charge in [0.15, 0.2) is 0 Å². The number of fused-ring (bicyclic) bond motifs is 1. The van der Waals surface area contributed by atoms with Gasteiger partial charge in [-0.25, -0.2) is 0 Å². The second-order valence-electron chi connectivity index (χ2n) is 9.56. The highest BCUT2D eigenvalue weighted by Crippen LogP contribution is 2.64. The lowest BCUT2D eigenvalue weighted by molar-refractivity contribution is -0.162. The molecule has 3 aliphatic rings. The number of hydrogen-bond acceptors (Lipinski definition) is 6. The molecule has 33 heavy (non-hydrogen) atoms. The molecule has 2 unspecified atom stereocenters. The maximum atomic E-state index is 13.8. The zero-order valence-electron chi connectivity index (χ0n) is 20.1. The molecule has 8 nitrogen and oxygen atoms in total. The fourth-order valence-corrected chi connectivity index (χ4v) is 6.05. The molecule has 184 valence electrons. The van der Waals surface area contributed by atoms with Crippen LogP contribution in [0.2, 0.25) is 0 Å². The first-order valence-electron chi connectivity index (χ1n) is 12.0. The van der Waals surface area contributed by atoms with Gasteiger partial charge in [0, 0.05) is 19.1 Å². The quantitative estimate of drug-likeness (QED) is 0.271. The normalized spacial score (nSPS) is 32.2. The fraction of sp³-hybridized carbons (Fsp3) is 0.720. The number of allylic oxidation sites excluding steroid dienone is 1. The van der Waals surface area contributed by atoms with Crippen molar-refractivity contribution in [2.45, 2.75) is 76.2 Å². The van der Waals surface area contributed by atoms with E-state index < -0.39 is 35.0 Å². The van der Waals surface area contributed by atoms with Crippen molar-refractivity contribution >= 4 is 17.8 Å². The summed E-state index contributed by atoms with van der Waals surface area (Å²) in [5.41, 5.74) is -1.92. The third-order valence-corrected chi connectivity index (χ3v) is 7.54. The molecule has 3 fully saturated rings. The van der Waals surface area contributed by atoms with Crippen molar-refractivity contribution in [1.29, 1.82) is 0 Å². The molecule has 2 amide bonds. The number of aliphatic hydroxyl groups is 1. The SMILES string of the molecule is C=CCCCOC(=O)[C@@H]1[C@H]2C(=O)N(CCO)C(C(=O)N(CC=C)C(C)C)C23CC[C@@]1(CC)O3. The maximum Gasteiger partial charge on any atom is 0.312 e. The average molecular weight is 463 g/mol. The number of β-amino-alcohol motifs (C(OH)–C–C–N with tert-alkyl or cyclic N) is 1. The first-order valence-corrected chi connectivity index (χ1v) is 12.0. The minimum atomic E-state index is -1.10. The zero-order chi connectivity index (χ0) is 24.4. The number of amides is 2. The molecule has 5 atom stereocenters. The van der Waals surface area contributed by atoms with E-state index in [0.29, 0.717) is 32.2 Å². The van der Waals surface area contributed by atoms with E-state index in [9.17, 15) is 19.5 Å². The number of unbranched alkanes of at least 4 members (excludes halogenated alkanes) is 1. The van der Waals surface area contributed by atoms with Crippen LogP contribution >= 0.6 is 0 Å². The van der Waals surface area contributed by atoms with E-state index >= 15 is 0 Å². The summed E-state index contributed by atoms with van der Waals surface area (Å²) in [4.78, 5) is 43.9. The molecule has 3 saturated heterocycles. The van der Waals surface area contributed by atoms with Gasteiger partial charge < -0.3 is 24.4 Å². The van der Waals surface area contributed by atoms with Crippen molar-refractivity contribution in [2.24, 2.45) is 11.8 Å². The van der Waals surface area contributed by atoms with Gasteiger partial charge in [-0.05, 0) is 46.0 Å². The molecule has 0 aromatic carbocycles. The molecule has 1 spiro atoms. The Morgan fingerprint density at radius 3 is 2.64 bits per heavy atom. The summed E-state index contributed by atoms with van der Waals surface area (Å²) >= 11 is 0. The van der Waals surface area contributed by atoms with Crippen LogP contribution in [0.5, 0.6) is 0 Å². The van der Waals surface area contributed by atoms with Gasteiger partial charge in [-0.2, -0.15) is 0 Å². The Morgan fingerprint density at radius 1 is 1.33 bits per heavy atom. The van der Waals surface area contributed by atoms with Crippen molar-refractivity contribution in [3.63, 3.8) is 0 Å². The second kappa shape index (κ2) is 9.97. The molecular formula is C25H38N2O6. The molecule has 3 aliphatic heterocycles. The van der Waals surface area contributed by atoms with Gasteiger partial charge in [0.05, 0.1) is 24.7 Å². The summed E-state index contributed by atoms with van der Waals surface area (Å²) in [5, 5.41) is 9.69. The lowest BCUT2D eigenvalue weighted by Crippen LogP contribution is -2.57. The summed E-state index contributed by atoms with van der Waals surface area (Å²) in [6.07, 6.45) is 6.46. The summed E-state index contributed by atoms with van der Waals surface area (Å²) in [7, 11) is 0.